The molecule has 0 N–H and O–H groups in total. The zero-order valence-corrected chi connectivity index (χ0v) is 14.7. The lowest BCUT2D eigenvalue weighted by atomic mass is 10.1. The Kier molecular flexibility index (Phi) is 4.61. The van der Waals surface area contributed by atoms with Crippen molar-refractivity contribution in [2.45, 2.75) is 11.1 Å². The van der Waals surface area contributed by atoms with E-state index in [1.807, 2.05) is 0 Å². The fraction of sp³-hybridized carbons (Fsp3) is 0.0625. The molecule has 0 unspecified atom stereocenters. The maximum Gasteiger partial charge on any atom is 0.416 e. The Morgan fingerprint density at radius 3 is 2.00 bits per heavy atom. The molecule has 0 aliphatic heterocycles. The van der Waals surface area contributed by atoms with Gasteiger partial charge in [-0.05, 0) is 29.8 Å². The number of hydrogen-bond donors (Lipinski definition) is 0. The molecule has 9 heteroatoms. The minimum atomic E-state index is -4.38. The van der Waals surface area contributed by atoms with Gasteiger partial charge in [-0.3, -0.25) is 0 Å². The van der Waals surface area contributed by atoms with Crippen LogP contribution in [0, 0.1) is 0 Å². The van der Waals surface area contributed by atoms with Crippen LogP contribution in [0.15, 0.2) is 59.6 Å². The number of nitrogens with zero attached hydrogens (tertiary/aromatic N) is 1. The highest BCUT2D eigenvalue weighted by molar-refractivity contribution is 8.13. The number of thiazole rings is 1. The predicted octanol–water partition coefficient (Wildman–Crippen LogP) is 5.42. The molecule has 0 bridgehead atoms. The molecule has 0 atom stereocenters. The SMILES string of the molecule is O=S(=O)(Cl)c1ccc(-c2cnc(-c3ccc(C(F)(F)F)cc3)s2)cc1. The topological polar surface area (TPSA) is 47.0 Å². The molecule has 130 valence electrons. The molecule has 0 amide bonds. The van der Waals surface area contributed by atoms with Crippen molar-refractivity contribution in [1.29, 1.82) is 0 Å². The third kappa shape index (κ3) is 4.02. The number of alkyl halides is 3. The summed E-state index contributed by atoms with van der Waals surface area (Å²) < 4.78 is 60.3. The summed E-state index contributed by atoms with van der Waals surface area (Å²) >= 11 is 1.29. The van der Waals surface area contributed by atoms with Crippen LogP contribution in [0.25, 0.3) is 21.0 Å². The molecule has 25 heavy (non-hydrogen) atoms. The monoisotopic (exact) mass is 403 g/mol. The van der Waals surface area contributed by atoms with E-state index < -0.39 is 20.8 Å². The third-order valence-electron chi connectivity index (χ3n) is 3.39. The van der Waals surface area contributed by atoms with Crippen molar-refractivity contribution in [2.24, 2.45) is 0 Å². The van der Waals surface area contributed by atoms with Crippen molar-refractivity contribution < 1.29 is 21.6 Å². The van der Waals surface area contributed by atoms with Crippen LogP contribution >= 0.6 is 22.0 Å². The molecule has 3 aromatic rings. The van der Waals surface area contributed by atoms with Crippen LogP contribution in [0.5, 0.6) is 0 Å². The van der Waals surface area contributed by atoms with E-state index in [0.717, 1.165) is 22.6 Å². The first-order valence-corrected chi connectivity index (χ1v) is 9.96. The van der Waals surface area contributed by atoms with Gasteiger partial charge >= 0.3 is 6.18 Å². The summed E-state index contributed by atoms with van der Waals surface area (Å²) in [6.45, 7) is 0. The van der Waals surface area contributed by atoms with E-state index in [1.54, 1.807) is 18.3 Å². The Labute approximate surface area is 150 Å². The highest BCUT2D eigenvalue weighted by atomic mass is 35.7. The Morgan fingerprint density at radius 2 is 1.48 bits per heavy atom. The zero-order chi connectivity index (χ0) is 18.2. The molecule has 2 aromatic carbocycles. The summed E-state index contributed by atoms with van der Waals surface area (Å²) in [7, 11) is 1.48. The van der Waals surface area contributed by atoms with Gasteiger partial charge in [0.1, 0.15) is 5.01 Å². The van der Waals surface area contributed by atoms with Gasteiger partial charge in [0.15, 0.2) is 0 Å². The first kappa shape index (κ1) is 17.9. The Bertz CT molecular complexity index is 995. The number of hydrogen-bond acceptors (Lipinski definition) is 4. The van der Waals surface area contributed by atoms with Crippen molar-refractivity contribution in [1.82, 2.24) is 4.98 Å². The molecular formula is C16H9ClF3NO2S2. The van der Waals surface area contributed by atoms with Gasteiger partial charge in [-0.25, -0.2) is 13.4 Å². The maximum atomic E-state index is 12.6. The van der Waals surface area contributed by atoms with Gasteiger partial charge < -0.3 is 0 Å². The average molecular weight is 404 g/mol. The lowest BCUT2D eigenvalue weighted by Crippen LogP contribution is -2.03. The number of halogens is 4. The standard InChI is InChI=1S/C16H9ClF3NO2S2/c17-25(22,23)13-7-3-10(4-8-13)14-9-21-15(24-14)11-1-5-12(6-2-11)16(18,19)20/h1-9H. The molecule has 3 nitrogen and oxygen atoms in total. The van der Waals surface area contributed by atoms with Crippen molar-refractivity contribution in [3.63, 3.8) is 0 Å². The summed E-state index contributed by atoms with van der Waals surface area (Å²) in [5.74, 6) is 0. The Balaban J connectivity index is 1.87. The molecule has 0 radical (unpaired) electrons. The molecule has 0 saturated heterocycles. The number of rotatable bonds is 3. The van der Waals surface area contributed by atoms with Gasteiger partial charge in [-0.2, -0.15) is 13.2 Å². The van der Waals surface area contributed by atoms with Crippen LogP contribution in [0.3, 0.4) is 0 Å². The lowest BCUT2D eigenvalue weighted by molar-refractivity contribution is -0.137. The largest absolute Gasteiger partial charge is 0.416 e. The molecule has 0 aliphatic carbocycles. The lowest BCUT2D eigenvalue weighted by Gasteiger charge is -2.06. The third-order valence-corrected chi connectivity index (χ3v) is 5.85. The molecule has 0 fully saturated rings. The van der Waals surface area contributed by atoms with E-state index in [4.69, 9.17) is 10.7 Å². The smallest absolute Gasteiger partial charge is 0.244 e. The van der Waals surface area contributed by atoms with E-state index >= 15 is 0 Å². The summed E-state index contributed by atoms with van der Waals surface area (Å²) in [5, 5.41) is 0.567. The Morgan fingerprint density at radius 1 is 0.920 bits per heavy atom. The van der Waals surface area contributed by atoms with Crippen molar-refractivity contribution in [3.05, 3.63) is 60.3 Å². The first-order chi connectivity index (χ1) is 11.6. The predicted molar refractivity (Wildman–Crippen MR) is 91.0 cm³/mol. The van der Waals surface area contributed by atoms with Crippen LogP contribution < -0.4 is 0 Å². The van der Waals surface area contributed by atoms with E-state index in [1.165, 1.54) is 35.6 Å². The summed E-state index contributed by atoms with van der Waals surface area (Å²) in [6.07, 6.45) is -2.79. The van der Waals surface area contributed by atoms with Crippen molar-refractivity contribution >= 4 is 31.1 Å². The highest BCUT2D eigenvalue weighted by Crippen LogP contribution is 2.35. The molecule has 1 aromatic heterocycles. The second-order valence-corrected chi connectivity index (χ2v) is 8.66. The van der Waals surface area contributed by atoms with Crippen LogP contribution in [0.2, 0.25) is 0 Å². The molecular weight excluding hydrogens is 395 g/mol. The van der Waals surface area contributed by atoms with E-state index in [-0.39, 0.29) is 4.90 Å². The summed E-state index contributed by atoms with van der Waals surface area (Å²) in [5.41, 5.74) is 0.592. The van der Waals surface area contributed by atoms with Crippen molar-refractivity contribution in [2.75, 3.05) is 0 Å². The minimum absolute atomic E-state index is 0.00889. The molecule has 0 aliphatic rings. The maximum absolute atomic E-state index is 12.6. The zero-order valence-electron chi connectivity index (χ0n) is 12.3. The Hall–Kier alpha value is -1.90. The van der Waals surface area contributed by atoms with Crippen LogP contribution in [-0.4, -0.2) is 13.4 Å². The first-order valence-electron chi connectivity index (χ1n) is 6.83. The van der Waals surface area contributed by atoms with Gasteiger partial charge in [-0.1, -0.05) is 24.3 Å². The summed E-state index contributed by atoms with van der Waals surface area (Å²) in [6, 6.07) is 10.7. The molecule has 3 rings (SSSR count). The normalized spacial score (nSPS) is 12.3. The highest BCUT2D eigenvalue weighted by Gasteiger charge is 2.30. The molecule has 0 spiro atoms. The summed E-state index contributed by atoms with van der Waals surface area (Å²) in [4.78, 5) is 4.97. The minimum Gasteiger partial charge on any atom is -0.244 e. The van der Waals surface area contributed by atoms with Crippen LogP contribution in [0.1, 0.15) is 5.56 Å². The van der Waals surface area contributed by atoms with Gasteiger partial charge in [0, 0.05) is 22.4 Å². The second-order valence-electron chi connectivity index (χ2n) is 5.07. The van der Waals surface area contributed by atoms with Crippen molar-refractivity contribution in [3.8, 4) is 21.0 Å². The fourth-order valence-electron chi connectivity index (χ4n) is 2.12. The fourth-order valence-corrected chi connectivity index (χ4v) is 3.82. The van der Waals surface area contributed by atoms with E-state index in [0.29, 0.717) is 10.6 Å². The van der Waals surface area contributed by atoms with Gasteiger partial charge in [0.25, 0.3) is 9.05 Å². The average Bonchev–Trinajstić information content (AvgIpc) is 3.03. The van der Waals surface area contributed by atoms with Crippen LogP contribution in [-0.2, 0) is 15.2 Å². The molecule has 0 saturated carbocycles. The second kappa shape index (κ2) is 6.44. The van der Waals surface area contributed by atoms with E-state index in [2.05, 4.69) is 4.98 Å². The van der Waals surface area contributed by atoms with Gasteiger partial charge in [0.2, 0.25) is 0 Å². The van der Waals surface area contributed by atoms with Gasteiger partial charge in [-0.15, -0.1) is 11.3 Å². The number of aromatic nitrogens is 1. The van der Waals surface area contributed by atoms with Gasteiger partial charge in [0.05, 0.1) is 15.3 Å². The molecule has 1 heterocycles. The number of benzene rings is 2. The quantitative estimate of drug-likeness (QED) is 0.548. The van der Waals surface area contributed by atoms with Crippen LogP contribution in [0.4, 0.5) is 13.2 Å². The van der Waals surface area contributed by atoms with E-state index in [9.17, 15) is 21.6 Å².